The zero-order valence-electron chi connectivity index (χ0n) is 13.5. The first-order valence-electron chi connectivity index (χ1n) is 7.58. The highest BCUT2D eigenvalue weighted by Gasteiger charge is 2.19. The largest absolute Gasteiger partial charge is 0.363 e. The smallest absolute Gasteiger partial charge is 0.137 e. The van der Waals surface area contributed by atoms with E-state index in [0.717, 1.165) is 28.8 Å². The first kappa shape index (κ1) is 14.5. The minimum Gasteiger partial charge on any atom is -0.363 e. The molecule has 0 radical (unpaired) electrons. The number of para-hydroxylation sites is 1. The van der Waals surface area contributed by atoms with Crippen LogP contribution in [-0.4, -0.2) is 19.7 Å². The van der Waals surface area contributed by atoms with Gasteiger partial charge in [-0.15, -0.1) is 0 Å². The lowest BCUT2D eigenvalue weighted by Crippen LogP contribution is -2.13. The quantitative estimate of drug-likeness (QED) is 0.800. The van der Waals surface area contributed by atoms with Gasteiger partial charge in [-0.2, -0.15) is 5.10 Å². The van der Waals surface area contributed by atoms with Crippen molar-refractivity contribution in [2.75, 3.05) is 5.32 Å². The van der Waals surface area contributed by atoms with E-state index < -0.39 is 0 Å². The first-order chi connectivity index (χ1) is 10.6. The van der Waals surface area contributed by atoms with Crippen molar-refractivity contribution in [2.24, 2.45) is 7.05 Å². The maximum Gasteiger partial charge on any atom is 0.137 e. The molecule has 1 atom stereocenters. The average molecular weight is 295 g/mol. The van der Waals surface area contributed by atoms with Crippen LogP contribution in [0, 0.1) is 13.8 Å². The van der Waals surface area contributed by atoms with Crippen molar-refractivity contribution < 1.29 is 0 Å². The number of nitrogens with one attached hydrogen (secondary N) is 1. The summed E-state index contributed by atoms with van der Waals surface area (Å²) in [5, 5.41) is 9.15. The van der Waals surface area contributed by atoms with Crippen LogP contribution >= 0.6 is 0 Å². The number of benzene rings is 1. The molecule has 0 fully saturated rings. The maximum atomic E-state index is 4.53. The molecular weight excluding hydrogens is 274 g/mol. The highest BCUT2D eigenvalue weighted by atomic mass is 15.3. The third-order valence-corrected chi connectivity index (χ3v) is 4.18. The second-order valence-electron chi connectivity index (χ2n) is 5.55. The van der Waals surface area contributed by atoms with Crippen LogP contribution in [0.3, 0.4) is 0 Å². The predicted octanol–water partition coefficient (Wildman–Crippen LogP) is 3.54. The molecule has 3 rings (SSSR count). The van der Waals surface area contributed by atoms with E-state index in [2.05, 4.69) is 41.2 Å². The summed E-state index contributed by atoms with van der Waals surface area (Å²) in [4.78, 5) is 8.76. The molecule has 0 aliphatic carbocycles. The van der Waals surface area contributed by atoms with Gasteiger partial charge in [0.05, 0.1) is 17.3 Å². The van der Waals surface area contributed by atoms with E-state index in [4.69, 9.17) is 0 Å². The Morgan fingerprint density at radius 3 is 2.64 bits per heavy atom. The van der Waals surface area contributed by atoms with Gasteiger partial charge in [0.25, 0.3) is 0 Å². The second kappa shape index (κ2) is 5.75. The van der Waals surface area contributed by atoms with Crippen LogP contribution in [0.15, 0.2) is 30.6 Å². The topological polar surface area (TPSA) is 55.6 Å². The predicted molar refractivity (Wildman–Crippen MR) is 88.9 cm³/mol. The molecule has 1 unspecified atom stereocenters. The zero-order valence-corrected chi connectivity index (χ0v) is 13.5. The number of nitrogens with zero attached hydrogens (tertiary/aromatic N) is 4. The fourth-order valence-corrected chi connectivity index (χ4v) is 2.96. The van der Waals surface area contributed by atoms with Crippen LogP contribution in [0.5, 0.6) is 0 Å². The summed E-state index contributed by atoms with van der Waals surface area (Å²) in [5.74, 6) is 0.875. The van der Waals surface area contributed by atoms with E-state index >= 15 is 0 Å². The maximum absolute atomic E-state index is 4.53. The van der Waals surface area contributed by atoms with Crippen LogP contribution in [0.2, 0.25) is 0 Å². The summed E-state index contributed by atoms with van der Waals surface area (Å²) in [6.45, 7) is 6.34. The summed E-state index contributed by atoms with van der Waals surface area (Å²) in [5.41, 5.74) is 4.47. The summed E-state index contributed by atoms with van der Waals surface area (Å²) in [7, 11) is 1.98. The molecule has 114 valence electrons. The lowest BCUT2D eigenvalue weighted by molar-refractivity contribution is 0.715. The summed E-state index contributed by atoms with van der Waals surface area (Å²) in [6.07, 6.45) is 2.58. The van der Waals surface area contributed by atoms with E-state index in [1.165, 1.54) is 11.3 Å². The molecule has 0 spiro atoms. The van der Waals surface area contributed by atoms with Gasteiger partial charge in [-0.3, -0.25) is 4.68 Å². The van der Waals surface area contributed by atoms with Gasteiger partial charge in [0.1, 0.15) is 12.1 Å². The number of anilines is 1. The van der Waals surface area contributed by atoms with Gasteiger partial charge in [-0.1, -0.05) is 19.1 Å². The molecule has 2 aromatic heterocycles. The Morgan fingerprint density at radius 2 is 1.95 bits per heavy atom. The van der Waals surface area contributed by atoms with E-state index in [0.29, 0.717) is 0 Å². The third-order valence-electron chi connectivity index (χ3n) is 4.18. The minimum absolute atomic E-state index is 0.187. The van der Waals surface area contributed by atoms with Gasteiger partial charge in [-0.25, -0.2) is 9.97 Å². The average Bonchev–Trinajstić information content (AvgIpc) is 2.78. The van der Waals surface area contributed by atoms with E-state index in [1.807, 2.05) is 36.0 Å². The van der Waals surface area contributed by atoms with E-state index in [9.17, 15) is 0 Å². The molecule has 0 aliphatic heterocycles. The van der Waals surface area contributed by atoms with Gasteiger partial charge < -0.3 is 5.32 Å². The van der Waals surface area contributed by atoms with Crippen LogP contribution in [0.4, 0.5) is 5.82 Å². The van der Waals surface area contributed by atoms with Gasteiger partial charge in [0.2, 0.25) is 0 Å². The molecule has 5 heteroatoms. The number of hydrogen-bond donors (Lipinski definition) is 1. The van der Waals surface area contributed by atoms with Crippen molar-refractivity contribution >= 4 is 16.7 Å². The normalized spacial score (nSPS) is 12.5. The molecule has 22 heavy (non-hydrogen) atoms. The van der Waals surface area contributed by atoms with Crippen molar-refractivity contribution in [2.45, 2.75) is 33.2 Å². The molecule has 0 amide bonds. The lowest BCUT2D eigenvalue weighted by atomic mass is 10.0. The molecule has 3 aromatic rings. The minimum atomic E-state index is 0.187. The van der Waals surface area contributed by atoms with Gasteiger partial charge >= 0.3 is 0 Å². The molecule has 0 saturated carbocycles. The van der Waals surface area contributed by atoms with Crippen LogP contribution in [-0.2, 0) is 7.05 Å². The van der Waals surface area contributed by atoms with Gasteiger partial charge in [-0.05, 0) is 32.4 Å². The Kier molecular flexibility index (Phi) is 3.79. The van der Waals surface area contributed by atoms with Crippen molar-refractivity contribution in [3.63, 3.8) is 0 Å². The van der Waals surface area contributed by atoms with Crippen molar-refractivity contribution in [3.05, 3.63) is 47.5 Å². The highest BCUT2D eigenvalue weighted by Crippen LogP contribution is 2.29. The van der Waals surface area contributed by atoms with Crippen LogP contribution in [0.1, 0.15) is 36.3 Å². The molecule has 5 nitrogen and oxygen atoms in total. The Hall–Kier alpha value is -2.43. The Labute approximate surface area is 130 Å². The SMILES string of the molecule is CCC(Nc1ncnc2ccccc12)c1c(C)nn(C)c1C. The molecule has 0 saturated heterocycles. The summed E-state index contributed by atoms with van der Waals surface area (Å²) < 4.78 is 1.94. The monoisotopic (exact) mass is 295 g/mol. The fraction of sp³-hybridized carbons (Fsp3) is 0.353. The molecule has 1 N–H and O–H groups in total. The third kappa shape index (κ3) is 2.43. The van der Waals surface area contributed by atoms with Crippen molar-refractivity contribution in [1.29, 1.82) is 0 Å². The molecule has 0 aliphatic rings. The molecule has 1 aromatic carbocycles. The van der Waals surface area contributed by atoms with Crippen molar-refractivity contribution in [3.8, 4) is 0 Å². The Morgan fingerprint density at radius 1 is 1.18 bits per heavy atom. The summed E-state index contributed by atoms with van der Waals surface area (Å²) >= 11 is 0. The van der Waals surface area contributed by atoms with Gasteiger partial charge in [0.15, 0.2) is 0 Å². The van der Waals surface area contributed by atoms with Crippen molar-refractivity contribution in [1.82, 2.24) is 19.7 Å². The standard InChI is InChI=1S/C17H21N5/c1-5-14(16-11(2)21-22(4)12(16)3)20-17-13-8-6-7-9-15(13)18-10-19-17/h6-10,14H,5H2,1-4H3,(H,18,19,20). The second-order valence-corrected chi connectivity index (χ2v) is 5.55. The van der Waals surface area contributed by atoms with Crippen LogP contribution < -0.4 is 5.32 Å². The lowest BCUT2D eigenvalue weighted by Gasteiger charge is -2.19. The Bertz CT molecular complexity index is 801. The number of aromatic nitrogens is 4. The molecular formula is C17H21N5. The number of aryl methyl sites for hydroxylation is 2. The number of rotatable bonds is 4. The summed E-state index contributed by atoms with van der Waals surface area (Å²) in [6, 6.07) is 8.24. The zero-order chi connectivity index (χ0) is 15.7. The molecule has 0 bridgehead atoms. The van der Waals surface area contributed by atoms with Crippen LogP contribution in [0.25, 0.3) is 10.9 Å². The van der Waals surface area contributed by atoms with E-state index in [1.54, 1.807) is 6.33 Å². The van der Waals surface area contributed by atoms with Gasteiger partial charge in [0, 0.05) is 23.7 Å². The highest BCUT2D eigenvalue weighted by molar-refractivity contribution is 5.88. The molecule has 2 heterocycles. The number of fused-ring (bicyclic) bond motifs is 1. The first-order valence-corrected chi connectivity index (χ1v) is 7.58. The number of hydrogen-bond acceptors (Lipinski definition) is 4. The van der Waals surface area contributed by atoms with E-state index in [-0.39, 0.29) is 6.04 Å². The Balaban J connectivity index is 2.02. The fourth-order valence-electron chi connectivity index (χ4n) is 2.96.